The van der Waals surface area contributed by atoms with Gasteiger partial charge in [0.15, 0.2) is 0 Å². The van der Waals surface area contributed by atoms with Gasteiger partial charge in [-0.25, -0.2) is 0 Å². The van der Waals surface area contributed by atoms with Gasteiger partial charge in [-0.3, -0.25) is 9.69 Å². The number of hydrogen-bond acceptors (Lipinski definition) is 3. The predicted octanol–water partition coefficient (Wildman–Crippen LogP) is 1.63. The molecule has 0 saturated heterocycles. The first-order chi connectivity index (χ1) is 9.33. The molecule has 20 heavy (non-hydrogen) atoms. The zero-order valence-electron chi connectivity index (χ0n) is 11.8. The fraction of sp³-hybridized carbons (Fsp3) is 0.923. The minimum absolute atomic E-state index is 0.137. The van der Waals surface area contributed by atoms with Crippen molar-refractivity contribution < 1.29 is 23.1 Å². The zero-order valence-corrected chi connectivity index (χ0v) is 11.8. The molecular formula is C13H23F3N2O2. The van der Waals surface area contributed by atoms with E-state index in [1.165, 1.54) is 0 Å². The van der Waals surface area contributed by atoms with Gasteiger partial charge in [0.25, 0.3) is 0 Å². The summed E-state index contributed by atoms with van der Waals surface area (Å²) in [6, 6.07) is 0.137. The lowest BCUT2D eigenvalue weighted by atomic mass is 9.94. The minimum Gasteiger partial charge on any atom is -0.395 e. The summed E-state index contributed by atoms with van der Waals surface area (Å²) in [5.41, 5.74) is 0. The normalized spacial score (nSPS) is 17.5. The summed E-state index contributed by atoms with van der Waals surface area (Å²) in [5.74, 6) is -0.311. The van der Waals surface area contributed by atoms with Gasteiger partial charge < -0.3 is 10.0 Å². The Morgan fingerprint density at radius 2 is 1.85 bits per heavy atom. The van der Waals surface area contributed by atoms with Crippen molar-refractivity contribution in [2.45, 2.75) is 44.3 Å². The van der Waals surface area contributed by atoms with Crippen LogP contribution in [0, 0.1) is 0 Å². The second-order valence-electron chi connectivity index (χ2n) is 5.35. The highest BCUT2D eigenvalue weighted by Crippen LogP contribution is 2.22. The molecular weight excluding hydrogens is 273 g/mol. The average Bonchev–Trinajstić information content (AvgIpc) is 2.37. The quantitative estimate of drug-likeness (QED) is 0.810. The third-order valence-corrected chi connectivity index (χ3v) is 3.69. The van der Waals surface area contributed by atoms with E-state index in [1.54, 1.807) is 11.9 Å². The molecule has 0 aliphatic heterocycles. The molecule has 118 valence electrons. The molecule has 1 rings (SSSR count). The van der Waals surface area contributed by atoms with Gasteiger partial charge in [0.2, 0.25) is 5.91 Å². The summed E-state index contributed by atoms with van der Waals surface area (Å²) >= 11 is 0. The smallest absolute Gasteiger partial charge is 0.395 e. The van der Waals surface area contributed by atoms with Crippen LogP contribution in [0.5, 0.6) is 0 Å². The molecule has 7 heteroatoms. The molecule has 1 amide bonds. The molecule has 0 aromatic carbocycles. The molecule has 1 aliphatic carbocycles. The van der Waals surface area contributed by atoms with Crippen molar-refractivity contribution in [2.75, 3.05) is 33.3 Å². The minimum atomic E-state index is -4.36. The summed E-state index contributed by atoms with van der Waals surface area (Å²) < 4.78 is 37.2. The molecule has 0 radical (unpaired) electrons. The summed E-state index contributed by atoms with van der Waals surface area (Å²) in [6.07, 6.45) is 0.751. The van der Waals surface area contributed by atoms with Crippen LogP contribution in [-0.4, -0.2) is 66.3 Å². The average molecular weight is 296 g/mol. The van der Waals surface area contributed by atoms with Gasteiger partial charge in [0.05, 0.1) is 19.7 Å². The lowest BCUT2D eigenvalue weighted by molar-refractivity contribution is -0.152. The standard InChI is InChI=1S/C13H23F3N2O2/c1-17(11-5-3-2-4-6-11)12(20)9-18(7-8-19)10-13(14,15)16/h11,19H,2-10H2,1H3. The molecule has 1 fully saturated rings. The Balaban J connectivity index is 2.51. The molecule has 1 aliphatic rings. The highest BCUT2D eigenvalue weighted by Gasteiger charge is 2.32. The van der Waals surface area contributed by atoms with Gasteiger partial charge in [-0.15, -0.1) is 0 Å². The molecule has 0 unspecified atom stereocenters. The molecule has 4 nitrogen and oxygen atoms in total. The van der Waals surface area contributed by atoms with Gasteiger partial charge >= 0.3 is 6.18 Å². The third-order valence-electron chi connectivity index (χ3n) is 3.69. The number of aliphatic hydroxyl groups excluding tert-OH is 1. The molecule has 1 N–H and O–H groups in total. The van der Waals surface area contributed by atoms with E-state index < -0.39 is 19.3 Å². The number of halogens is 3. The number of aliphatic hydroxyl groups is 1. The van der Waals surface area contributed by atoms with Gasteiger partial charge in [0, 0.05) is 19.6 Å². The highest BCUT2D eigenvalue weighted by atomic mass is 19.4. The number of rotatable bonds is 6. The molecule has 0 atom stereocenters. The molecule has 0 heterocycles. The van der Waals surface area contributed by atoms with Crippen LogP contribution in [0.4, 0.5) is 13.2 Å². The predicted molar refractivity (Wildman–Crippen MR) is 69.2 cm³/mol. The van der Waals surface area contributed by atoms with E-state index in [4.69, 9.17) is 5.11 Å². The molecule has 1 saturated carbocycles. The van der Waals surface area contributed by atoms with Gasteiger partial charge in [-0.1, -0.05) is 19.3 Å². The van der Waals surface area contributed by atoms with Crippen LogP contribution >= 0.6 is 0 Å². The van der Waals surface area contributed by atoms with Crippen molar-refractivity contribution in [3.05, 3.63) is 0 Å². The van der Waals surface area contributed by atoms with Gasteiger partial charge in [-0.2, -0.15) is 13.2 Å². The van der Waals surface area contributed by atoms with Gasteiger partial charge in [0.1, 0.15) is 0 Å². The van der Waals surface area contributed by atoms with Crippen LogP contribution in [0.3, 0.4) is 0 Å². The Morgan fingerprint density at radius 1 is 1.25 bits per heavy atom. The van der Waals surface area contributed by atoms with Crippen LogP contribution in [-0.2, 0) is 4.79 Å². The Morgan fingerprint density at radius 3 is 2.35 bits per heavy atom. The first-order valence-electron chi connectivity index (χ1n) is 6.99. The van der Waals surface area contributed by atoms with Crippen molar-refractivity contribution >= 4 is 5.91 Å². The second kappa shape index (κ2) is 7.83. The molecule has 0 bridgehead atoms. The van der Waals surface area contributed by atoms with E-state index in [9.17, 15) is 18.0 Å². The van der Waals surface area contributed by atoms with Crippen LogP contribution in [0.25, 0.3) is 0 Å². The first-order valence-corrected chi connectivity index (χ1v) is 6.99. The van der Waals surface area contributed by atoms with Crippen LogP contribution in [0.15, 0.2) is 0 Å². The van der Waals surface area contributed by atoms with Crippen molar-refractivity contribution in [3.8, 4) is 0 Å². The van der Waals surface area contributed by atoms with Crippen LogP contribution < -0.4 is 0 Å². The van der Waals surface area contributed by atoms with Crippen molar-refractivity contribution in [1.82, 2.24) is 9.80 Å². The Labute approximate surface area is 117 Å². The summed E-state index contributed by atoms with van der Waals surface area (Å²) in [7, 11) is 1.66. The first kappa shape index (κ1) is 17.2. The maximum Gasteiger partial charge on any atom is 0.401 e. The Bertz CT molecular complexity index is 304. The largest absolute Gasteiger partial charge is 0.401 e. The van der Waals surface area contributed by atoms with Crippen molar-refractivity contribution in [2.24, 2.45) is 0 Å². The number of alkyl halides is 3. The fourth-order valence-electron chi connectivity index (χ4n) is 2.58. The molecule has 0 aromatic rings. The molecule has 0 spiro atoms. The van der Waals surface area contributed by atoms with E-state index >= 15 is 0 Å². The second-order valence-corrected chi connectivity index (χ2v) is 5.35. The van der Waals surface area contributed by atoms with Crippen LogP contribution in [0.2, 0.25) is 0 Å². The highest BCUT2D eigenvalue weighted by molar-refractivity contribution is 5.78. The molecule has 0 aromatic heterocycles. The summed E-state index contributed by atoms with van der Waals surface area (Å²) in [5, 5.41) is 8.80. The summed E-state index contributed by atoms with van der Waals surface area (Å²) in [6.45, 7) is -2.01. The fourth-order valence-corrected chi connectivity index (χ4v) is 2.58. The number of amides is 1. The van der Waals surface area contributed by atoms with E-state index in [2.05, 4.69) is 0 Å². The topological polar surface area (TPSA) is 43.8 Å². The maximum absolute atomic E-state index is 12.4. The number of likely N-dealkylation sites (N-methyl/N-ethyl adjacent to an activating group) is 1. The van der Waals surface area contributed by atoms with E-state index in [-0.39, 0.29) is 25.0 Å². The number of hydrogen-bond donors (Lipinski definition) is 1. The van der Waals surface area contributed by atoms with E-state index in [1.807, 2.05) is 0 Å². The van der Waals surface area contributed by atoms with Crippen LogP contribution in [0.1, 0.15) is 32.1 Å². The maximum atomic E-state index is 12.4. The van der Waals surface area contributed by atoms with Crippen molar-refractivity contribution in [3.63, 3.8) is 0 Å². The number of carbonyl (C=O) groups is 1. The Hall–Kier alpha value is -0.820. The SMILES string of the molecule is CN(C(=O)CN(CCO)CC(F)(F)F)C1CCCCC1. The lowest BCUT2D eigenvalue weighted by Gasteiger charge is -2.33. The van der Waals surface area contributed by atoms with Gasteiger partial charge in [-0.05, 0) is 12.8 Å². The van der Waals surface area contributed by atoms with E-state index in [0.29, 0.717) is 0 Å². The lowest BCUT2D eigenvalue weighted by Crippen LogP contribution is -2.46. The van der Waals surface area contributed by atoms with E-state index in [0.717, 1.165) is 37.0 Å². The van der Waals surface area contributed by atoms with Crippen molar-refractivity contribution in [1.29, 1.82) is 0 Å². The number of nitrogens with zero attached hydrogens (tertiary/aromatic N) is 2. The third kappa shape index (κ3) is 6.09. The summed E-state index contributed by atoms with van der Waals surface area (Å²) in [4.78, 5) is 14.6. The number of carbonyl (C=O) groups excluding carboxylic acids is 1. The Kier molecular flexibility index (Phi) is 6.75. The zero-order chi connectivity index (χ0) is 15.2. The monoisotopic (exact) mass is 296 g/mol.